The number of hydrogen-bond donors (Lipinski definition) is 4. The Morgan fingerprint density at radius 2 is 2.40 bits per heavy atom. The fourth-order valence-electron chi connectivity index (χ4n) is 1.27. The lowest BCUT2D eigenvalue weighted by atomic mass is 10.3. The van der Waals surface area contributed by atoms with Gasteiger partial charge in [-0.3, -0.25) is 4.79 Å². The summed E-state index contributed by atoms with van der Waals surface area (Å²) in [7, 11) is 0. The molecule has 0 aliphatic rings. The fourth-order valence-corrected chi connectivity index (χ4v) is 1.27. The normalized spacial score (nSPS) is 10.4. The summed E-state index contributed by atoms with van der Waals surface area (Å²) in [6.07, 6.45) is 0. The van der Waals surface area contributed by atoms with Gasteiger partial charge in [0.25, 0.3) is 0 Å². The van der Waals surface area contributed by atoms with Crippen molar-refractivity contribution in [2.24, 2.45) is 0 Å². The molecule has 0 fully saturated rings. The molecule has 0 radical (unpaired) electrons. The van der Waals surface area contributed by atoms with Crippen molar-refractivity contribution in [2.45, 2.75) is 0 Å². The van der Waals surface area contributed by atoms with E-state index in [0.717, 1.165) is 11.0 Å². The zero-order valence-corrected chi connectivity index (χ0v) is 7.82. The van der Waals surface area contributed by atoms with Crippen molar-refractivity contribution in [1.29, 1.82) is 0 Å². The van der Waals surface area contributed by atoms with Gasteiger partial charge in [-0.15, -0.1) is 0 Å². The number of hydrogen-bond acceptors (Lipinski definition) is 4. The lowest BCUT2D eigenvalue weighted by Gasteiger charge is -1.95. The fraction of sp³-hybridized carbons (Fsp3) is 0.111. The first-order valence-electron chi connectivity index (χ1n) is 4.36. The number of aromatic amines is 1. The molecule has 0 amide bonds. The predicted octanol–water partition coefficient (Wildman–Crippen LogP) is 0.642. The van der Waals surface area contributed by atoms with E-state index >= 15 is 0 Å². The number of aliphatic carboxylic acids is 1. The molecule has 0 aliphatic carbocycles. The highest BCUT2D eigenvalue weighted by atomic mass is 16.4. The van der Waals surface area contributed by atoms with Crippen LogP contribution in [0.5, 0.6) is 0 Å². The Morgan fingerprint density at radius 1 is 1.60 bits per heavy atom. The number of carboxylic acid groups (broad SMARTS) is 1. The second-order valence-electron chi connectivity index (χ2n) is 3.11. The van der Waals surface area contributed by atoms with Gasteiger partial charge in [-0.25, -0.2) is 4.98 Å². The highest BCUT2D eigenvalue weighted by Crippen LogP contribution is 2.16. The van der Waals surface area contributed by atoms with Crippen LogP contribution in [0.1, 0.15) is 0 Å². The van der Waals surface area contributed by atoms with Gasteiger partial charge in [-0.05, 0) is 18.2 Å². The highest BCUT2D eigenvalue weighted by molar-refractivity contribution is 5.81. The second kappa shape index (κ2) is 3.49. The number of imidazole rings is 1. The summed E-state index contributed by atoms with van der Waals surface area (Å²) >= 11 is 0. The third kappa shape index (κ3) is 1.98. The van der Waals surface area contributed by atoms with E-state index in [1.165, 1.54) is 0 Å². The number of carboxylic acids is 1. The molecule has 1 heterocycles. The summed E-state index contributed by atoms with van der Waals surface area (Å²) in [6.45, 7) is -0.171. The molecule has 1 aromatic carbocycles. The quantitative estimate of drug-likeness (QED) is 0.552. The zero-order valence-electron chi connectivity index (χ0n) is 7.82. The summed E-state index contributed by atoms with van der Waals surface area (Å²) in [4.78, 5) is 17.4. The van der Waals surface area contributed by atoms with Crippen molar-refractivity contribution in [2.75, 3.05) is 17.6 Å². The number of nitrogens with zero attached hydrogens (tertiary/aromatic N) is 1. The molecule has 0 spiro atoms. The van der Waals surface area contributed by atoms with Crippen molar-refractivity contribution in [3.05, 3.63) is 18.2 Å². The summed E-state index contributed by atoms with van der Waals surface area (Å²) < 4.78 is 0. The number of nitrogens with two attached hydrogens (primary N) is 1. The zero-order chi connectivity index (χ0) is 10.8. The standard InChI is InChI=1S/C9H10N4O2/c10-5-1-2-6-7(3-5)13-9(12-6)11-4-8(14)15/h1-3H,4,10H2,(H,14,15)(H2,11,12,13). The number of anilines is 2. The molecule has 0 atom stereocenters. The summed E-state index contributed by atoms with van der Waals surface area (Å²) in [5.74, 6) is -0.507. The minimum absolute atomic E-state index is 0.171. The topological polar surface area (TPSA) is 104 Å². The van der Waals surface area contributed by atoms with Crippen molar-refractivity contribution < 1.29 is 9.90 Å². The molecule has 1 aromatic heterocycles. The maximum absolute atomic E-state index is 10.3. The van der Waals surface area contributed by atoms with Crippen LogP contribution in [0, 0.1) is 0 Å². The van der Waals surface area contributed by atoms with Gasteiger partial charge < -0.3 is 21.1 Å². The van der Waals surface area contributed by atoms with Gasteiger partial charge in [0, 0.05) is 5.69 Å². The Bertz CT molecular complexity index is 506. The number of H-pyrrole nitrogens is 1. The number of carbonyl (C=O) groups is 1. The molecule has 15 heavy (non-hydrogen) atoms. The lowest BCUT2D eigenvalue weighted by molar-refractivity contribution is -0.134. The predicted molar refractivity (Wildman–Crippen MR) is 56.6 cm³/mol. The van der Waals surface area contributed by atoms with Gasteiger partial charge >= 0.3 is 5.97 Å². The molecule has 0 aliphatic heterocycles. The van der Waals surface area contributed by atoms with Crippen LogP contribution in [-0.4, -0.2) is 27.6 Å². The van der Waals surface area contributed by atoms with Crippen LogP contribution in [0.2, 0.25) is 0 Å². The van der Waals surface area contributed by atoms with E-state index in [1.807, 2.05) is 0 Å². The largest absolute Gasteiger partial charge is 0.480 e. The average molecular weight is 206 g/mol. The summed E-state index contributed by atoms with van der Waals surface area (Å²) in [6, 6.07) is 5.26. The molecule has 78 valence electrons. The molecule has 6 nitrogen and oxygen atoms in total. The first-order chi connectivity index (χ1) is 7.15. The second-order valence-corrected chi connectivity index (χ2v) is 3.11. The molecule has 2 rings (SSSR count). The Labute approximate surface area is 85.1 Å². The van der Waals surface area contributed by atoms with E-state index in [9.17, 15) is 4.79 Å². The minimum atomic E-state index is -0.935. The van der Waals surface area contributed by atoms with Crippen LogP contribution >= 0.6 is 0 Å². The molecule has 0 saturated heterocycles. The van der Waals surface area contributed by atoms with E-state index in [0.29, 0.717) is 11.6 Å². The van der Waals surface area contributed by atoms with Crippen LogP contribution < -0.4 is 11.1 Å². The minimum Gasteiger partial charge on any atom is -0.480 e. The van der Waals surface area contributed by atoms with Gasteiger partial charge in [0.15, 0.2) is 0 Å². The average Bonchev–Trinajstić information content (AvgIpc) is 2.56. The third-order valence-corrected chi connectivity index (χ3v) is 1.91. The highest BCUT2D eigenvalue weighted by Gasteiger charge is 2.03. The van der Waals surface area contributed by atoms with Crippen LogP contribution in [0.25, 0.3) is 11.0 Å². The monoisotopic (exact) mass is 206 g/mol. The Hall–Kier alpha value is -2.24. The third-order valence-electron chi connectivity index (χ3n) is 1.91. The van der Waals surface area contributed by atoms with Crippen LogP contribution in [0.3, 0.4) is 0 Å². The first kappa shape index (κ1) is 9.32. The Morgan fingerprint density at radius 3 is 3.13 bits per heavy atom. The van der Waals surface area contributed by atoms with Crippen LogP contribution in [-0.2, 0) is 4.79 Å². The molecule has 0 saturated carbocycles. The number of benzene rings is 1. The SMILES string of the molecule is Nc1ccc2nc(NCC(=O)O)[nH]c2c1. The van der Waals surface area contributed by atoms with Crippen molar-refractivity contribution in [3.63, 3.8) is 0 Å². The maximum Gasteiger partial charge on any atom is 0.322 e. The number of fused-ring (bicyclic) bond motifs is 1. The molecule has 0 unspecified atom stereocenters. The van der Waals surface area contributed by atoms with E-state index < -0.39 is 5.97 Å². The summed E-state index contributed by atoms with van der Waals surface area (Å²) in [5.41, 5.74) is 7.76. The Balaban J connectivity index is 2.27. The Kier molecular flexibility index (Phi) is 2.17. The van der Waals surface area contributed by atoms with E-state index in [-0.39, 0.29) is 6.54 Å². The molecule has 5 N–H and O–H groups in total. The maximum atomic E-state index is 10.3. The van der Waals surface area contributed by atoms with Gasteiger partial charge in [-0.1, -0.05) is 0 Å². The first-order valence-corrected chi connectivity index (χ1v) is 4.36. The van der Waals surface area contributed by atoms with Gasteiger partial charge in [-0.2, -0.15) is 0 Å². The van der Waals surface area contributed by atoms with Gasteiger partial charge in [0.1, 0.15) is 6.54 Å². The molecular weight excluding hydrogens is 196 g/mol. The van der Waals surface area contributed by atoms with Gasteiger partial charge in [0.05, 0.1) is 11.0 Å². The van der Waals surface area contributed by atoms with E-state index in [2.05, 4.69) is 15.3 Å². The molecule has 2 aromatic rings. The molecule has 0 bridgehead atoms. The smallest absolute Gasteiger partial charge is 0.322 e. The van der Waals surface area contributed by atoms with Crippen molar-refractivity contribution >= 4 is 28.6 Å². The van der Waals surface area contributed by atoms with Crippen LogP contribution in [0.4, 0.5) is 11.6 Å². The number of rotatable bonds is 3. The van der Waals surface area contributed by atoms with Crippen molar-refractivity contribution in [1.82, 2.24) is 9.97 Å². The number of nitrogen functional groups attached to an aromatic ring is 1. The van der Waals surface area contributed by atoms with Crippen LogP contribution in [0.15, 0.2) is 18.2 Å². The molecular formula is C9H10N4O2. The molecule has 6 heteroatoms. The number of nitrogens with one attached hydrogen (secondary N) is 2. The van der Waals surface area contributed by atoms with Gasteiger partial charge in [0.2, 0.25) is 5.95 Å². The van der Waals surface area contributed by atoms with E-state index in [4.69, 9.17) is 10.8 Å². The lowest BCUT2D eigenvalue weighted by Crippen LogP contribution is -2.12. The summed E-state index contributed by atoms with van der Waals surface area (Å²) in [5, 5.41) is 11.1. The number of aromatic nitrogens is 2. The van der Waals surface area contributed by atoms with E-state index in [1.54, 1.807) is 18.2 Å². The van der Waals surface area contributed by atoms with Crippen molar-refractivity contribution in [3.8, 4) is 0 Å².